The highest BCUT2D eigenvalue weighted by Crippen LogP contribution is 2.27. The van der Waals surface area contributed by atoms with Gasteiger partial charge in [-0.1, -0.05) is 19.1 Å². The molecule has 0 spiro atoms. The van der Waals surface area contributed by atoms with Crippen molar-refractivity contribution in [2.75, 3.05) is 23.9 Å². The maximum absolute atomic E-state index is 12.2. The zero-order chi connectivity index (χ0) is 23.4. The molecule has 1 aromatic heterocycles. The molecule has 33 heavy (non-hydrogen) atoms. The number of aryl methyl sites for hydroxylation is 1. The average Bonchev–Trinajstić information content (AvgIpc) is 3.20. The minimum atomic E-state index is -0.432. The summed E-state index contributed by atoms with van der Waals surface area (Å²) in [6, 6.07) is 15.0. The van der Waals surface area contributed by atoms with Gasteiger partial charge in [0.25, 0.3) is 0 Å². The third-order valence-corrected chi connectivity index (χ3v) is 5.40. The first kappa shape index (κ1) is 22.3. The summed E-state index contributed by atoms with van der Waals surface area (Å²) >= 11 is 0. The molecule has 2 atom stereocenters. The molecular weight excluding hydrogens is 422 g/mol. The molecule has 9 nitrogen and oxygen atoms in total. The molecule has 1 amide bonds. The minimum Gasteiger partial charge on any atom is -0.497 e. The van der Waals surface area contributed by atoms with Crippen molar-refractivity contribution in [3.8, 4) is 17.2 Å². The number of nitrogens with zero attached hydrogens (tertiary/aromatic N) is 4. The molecule has 172 valence electrons. The van der Waals surface area contributed by atoms with Crippen LogP contribution in [0, 0.1) is 6.92 Å². The highest BCUT2D eigenvalue weighted by Gasteiger charge is 2.35. The normalized spacial score (nSPS) is 16.3. The predicted octanol–water partition coefficient (Wildman–Crippen LogP) is 4.89. The molecule has 0 bridgehead atoms. The van der Waals surface area contributed by atoms with Gasteiger partial charge in [0, 0.05) is 0 Å². The fourth-order valence-corrected chi connectivity index (χ4v) is 3.53. The molecule has 0 unspecified atom stereocenters. The summed E-state index contributed by atoms with van der Waals surface area (Å²) < 4.78 is 16.2. The van der Waals surface area contributed by atoms with Crippen molar-refractivity contribution < 1.29 is 19.0 Å². The summed E-state index contributed by atoms with van der Waals surface area (Å²) in [5, 5.41) is 3.30. The van der Waals surface area contributed by atoms with Crippen molar-refractivity contribution in [3.63, 3.8) is 0 Å². The largest absolute Gasteiger partial charge is 0.497 e. The molecular formula is C24H27N5O4. The maximum atomic E-state index is 12.2. The van der Waals surface area contributed by atoms with E-state index in [0.717, 1.165) is 29.2 Å². The molecule has 0 radical (unpaired) electrons. The summed E-state index contributed by atoms with van der Waals surface area (Å²) in [5.41, 5.74) is 1.03. The van der Waals surface area contributed by atoms with Crippen LogP contribution in [0.3, 0.4) is 0 Å². The van der Waals surface area contributed by atoms with Crippen molar-refractivity contribution in [1.29, 1.82) is 0 Å². The molecule has 1 fully saturated rings. The summed E-state index contributed by atoms with van der Waals surface area (Å²) in [7, 11) is 1.63. The Balaban J connectivity index is 1.45. The SMILES string of the molecule is CC[C@H]1COC(=O)N1c1nc(C)nc(N[C@@H](C)c2ccc(Oc3ccc(OC)cc3)cc2)n1. The van der Waals surface area contributed by atoms with E-state index in [4.69, 9.17) is 14.2 Å². The average molecular weight is 450 g/mol. The highest BCUT2D eigenvalue weighted by molar-refractivity contribution is 5.88. The van der Waals surface area contributed by atoms with Crippen LogP contribution in [0.15, 0.2) is 48.5 Å². The molecule has 1 aliphatic rings. The number of hydrogen-bond donors (Lipinski definition) is 1. The van der Waals surface area contributed by atoms with Crippen LogP contribution in [0.1, 0.15) is 37.7 Å². The van der Waals surface area contributed by atoms with Gasteiger partial charge in [-0.3, -0.25) is 0 Å². The molecule has 0 aliphatic carbocycles. The van der Waals surface area contributed by atoms with Crippen LogP contribution >= 0.6 is 0 Å². The zero-order valence-corrected chi connectivity index (χ0v) is 19.1. The number of hydrogen-bond acceptors (Lipinski definition) is 8. The lowest BCUT2D eigenvalue weighted by Gasteiger charge is -2.20. The van der Waals surface area contributed by atoms with Gasteiger partial charge in [-0.2, -0.15) is 15.0 Å². The molecule has 4 rings (SSSR count). The van der Waals surface area contributed by atoms with Crippen molar-refractivity contribution in [1.82, 2.24) is 15.0 Å². The summed E-state index contributed by atoms with van der Waals surface area (Å²) in [4.78, 5) is 26.9. The number of aromatic nitrogens is 3. The van der Waals surface area contributed by atoms with Crippen molar-refractivity contribution in [3.05, 3.63) is 59.9 Å². The van der Waals surface area contributed by atoms with Crippen LogP contribution in [-0.4, -0.2) is 40.8 Å². The predicted molar refractivity (Wildman–Crippen MR) is 124 cm³/mol. The van der Waals surface area contributed by atoms with Gasteiger partial charge in [0.1, 0.15) is 29.7 Å². The summed E-state index contributed by atoms with van der Waals surface area (Å²) in [6.07, 6.45) is 0.319. The Morgan fingerprint density at radius 2 is 1.70 bits per heavy atom. The Bertz CT molecular complexity index is 1100. The third kappa shape index (κ3) is 5.14. The standard InChI is InChI=1S/C24H27N5O4/c1-5-18-14-32-24(30)29(18)23-27-16(3)26-22(28-23)25-15(2)17-6-8-20(9-7-17)33-21-12-10-19(31-4)11-13-21/h6-13,15,18H,5,14H2,1-4H3,(H,25,26,27,28)/t15-,18-/m0/s1. The first-order valence-electron chi connectivity index (χ1n) is 10.8. The van der Waals surface area contributed by atoms with Crippen LogP contribution in [0.2, 0.25) is 0 Å². The topological polar surface area (TPSA) is 98.7 Å². The fraction of sp³-hybridized carbons (Fsp3) is 0.333. The number of nitrogens with one attached hydrogen (secondary N) is 1. The number of anilines is 2. The van der Waals surface area contributed by atoms with Gasteiger partial charge in [-0.25, -0.2) is 9.69 Å². The maximum Gasteiger partial charge on any atom is 0.417 e. The van der Waals surface area contributed by atoms with Crippen molar-refractivity contribution in [2.24, 2.45) is 0 Å². The van der Waals surface area contributed by atoms with E-state index in [1.165, 1.54) is 4.90 Å². The number of rotatable bonds is 8. The van der Waals surface area contributed by atoms with Crippen molar-refractivity contribution in [2.45, 2.75) is 39.3 Å². The number of carbonyl (C=O) groups is 1. The van der Waals surface area contributed by atoms with E-state index in [9.17, 15) is 4.79 Å². The van der Waals surface area contributed by atoms with Crippen LogP contribution in [0.25, 0.3) is 0 Å². The molecule has 3 aromatic rings. The number of amides is 1. The Morgan fingerprint density at radius 3 is 2.33 bits per heavy atom. The van der Waals surface area contributed by atoms with Gasteiger partial charge in [-0.15, -0.1) is 0 Å². The second-order valence-corrected chi connectivity index (χ2v) is 7.73. The molecule has 1 aliphatic heterocycles. The van der Waals surface area contributed by atoms with Gasteiger partial charge in [-0.05, 0) is 62.2 Å². The smallest absolute Gasteiger partial charge is 0.417 e. The fourth-order valence-electron chi connectivity index (χ4n) is 3.53. The minimum absolute atomic E-state index is 0.0807. The van der Waals surface area contributed by atoms with Gasteiger partial charge in [0.05, 0.1) is 19.2 Å². The molecule has 0 saturated carbocycles. The Hall–Kier alpha value is -3.88. The van der Waals surface area contributed by atoms with E-state index in [0.29, 0.717) is 24.3 Å². The Kier molecular flexibility index (Phi) is 6.58. The molecule has 1 N–H and O–H groups in total. The summed E-state index contributed by atoms with van der Waals surface area (Å²) in [6.45, 7) is 6.12. The van der Waals surface area contributed by atoms with Crippen LogP contribution < -0.4 is 19.7 Å². The Labute approximate surface area is 192 Å². The molecule has 9 heteroatoms. The van der Waals surface area contributed by atoms with E-state index in [-0.39, 0.29) is 12.1 Å². The van der Waals surface area contributed by atoms with Crippen molar-refractivity contribution >= 4 is 18.0 Å². The first-order chi connectivity index (χ1) is 16.0. The molecule has 2 heterocycles. The zero-order valence-electron chi connectivity index (χ0n) is 19.1. The van der Waals surface area contributed by atoms with E-state index >= 15 is 0 Å². The van der Waals surface area contributed by atoms with E-state index in [2.05, 4.69) is 20.3 Å². The van der Waals surface area contributed by atoms with Crippen LogP contribution in [-0.2, 0) is 4.74 Å². The second-order valence-electron chi connectivity index (χ2n) is 7.73. The lowest BCUT2D eigenvalue weighted by Crippen LogP contribution is -2.34. The number of benzene rings is 2. The van der Waals surface area contributed by atoms with Gasteiger partial charge in [0.15, 0.2) is 0 Å². The monoisotopic (exact) mass is 449 g/mol. The first-order valence-corrected chi connectivity index (χ1v) is 10.8. The quantitative estimate of drug-likeness (QED) is 0.519. The van der Waals surface area contributed by atoms with E-state index in [1.54, 1.807) is 14.0 Å². The number of cyclic esters (lactones) is 1. The molecule has 2 aromatic carbocycles. The van der Waals surface area contributed by atoms with E-state index < -0.39 is 6.09 Å². The van der Waals surface area contributed by atoms with Gasteiger partial charge in [0.2, 0.25) is 11.9 Å². The van der Waals surface area contributed by atoms with Crippen LogP contribution in [0.5, 0.6) is 17.2 Å². The molecule has 1 saturated heterocycles. The third-order valence-electron chi connectivity index (χ3n) is 5.40. The lowest BCUT2D eigenvalue weighted by atomic mass is 10.1. The lowest BCUT2D eigenvalue weighted by molar-refractivity contribution is 0.178. The number of ether oxygens (including phenoxy) is 3. The van der Waals surface area contributed by atoms with Gasteiger partial charge < -0.3 is 19.5 Å². The van der Waals surface area contributed by atoms with E-state index in [1.807, 2.05) is 62.4 Å². The van der Waals surface area contributed by atoms with Gasteiger partial charge >= 0.3 is 6.09 Å². The second kappa shape index (κ2) is 9.72. The summed E-state index contributed by atoms with van der Waals surface area (Å²) in [5.74, 6) is 3.46. The van der Waals surface area contributed by atoms with Crippen LogP contribution in [0.4, 0.5) is 16.7 Å². The Morgan fingerprint density at radius 1 is 1.06 bits per heavy atom. The number of carbonyl (C=O) groups excluding carboxylic acids is 1. The highest BCUT2D eigenvalue weighted by atomic mass is 16.6. The number of methoxy groups -OCH3 is 1.